The van der Waals surface area contributed by atoms with Crippen LogP contribution in [0, 0.1) is 24.7 Å². The fourth-order valence-electron chi connectivity index (χ4n) is 1.75. The Labute approximate surface area is 121 Å². The number of benzene rings is 2. The molecule has 0 saturated heterocycles. The molecule has 5 heteroatoms. The zero-order chi connectivity index (χ0) is 15.6. The second kappa shape index (κ2) is 5.28. The zero-order valence-electron chi connectivity index (χ0n) is 10.9. The largest absolute Gasteiger partial charge is 0.504 e. The average molecular weight is 280 g/mol. The number of terminal acetylenes is 2. The average Bonchev–Trinajstić information content (AvgIpc) is 2.47. The van der Waals surface area contributed by atoms with Crippen LogP contribution in [0.4, 0.5) is 11.4 Å². The van der Waals surface area contributed by atoms with Crippen LogP contribution in [-0.4, -0.2) is 10.2 Å². The van der Waals surface area contributed by atoms with Gasteiger partial charge < -0.3 is 26.4 Å². The highest BCUT2D eigenvalue weighted by molar-refractivity contribution is 5.69. The summed E-state index contributed by atoms with van der Waals surface area (Å²) in [5.74, 6) is 4.45. The van der Waals surface area contributed by atoms with Crippen molar-refractivity contribution in [1.29, 1.82) is 0 Å². The molecule has 2 aromatic carbocycles. The fourth-order valence-corrected chi connectivity index (χ4v) is 1.75. The van der Waals surface area contributed by atoms with Gasteiger partial charge in [-0.1, -0.05) is 11.8 Å². The summed E-state index contributed by atoms with van der Waals surface area (Å²) < 4.78 is 5.58. The van der Waals surface area contributed by atoms with Gasteiger partial charge in [-0.3, -0.25) is 0 Å². The third kappa shape index (κ3) is 2.36. The maximum absolute atomic E-state index is 9.82. The monoisotopic (exact) mass is 280 g/mol. The maximum Gasteiger partial charge on any atom is 0.157 e. The summed E-state index contributed by atoms with van der Waals surface area (Å²) in [4.78, 5) is 0. The Balaban J connectivity index is 2.55. The van der Waals surface area contributed by atoms with Crippen LogP contribution in [0.3, 0.4) is 0 Å². The summed E-state index contributed by atoms with van der Waals surface area (Å²) in [6.07, 6.45) is 10.7. The van der Waals surface area contributed by atoms with Crippen molar-refractivity contribution in [3.63, 3.8) is 0 Å². The number of hydrogen-bond acceptors (Lipinski definition) is 5. The Morgan fingerprint density at radius 3 is 1.52 bits per heavy atom. The van der Waals surface area contributed by atoms with Crippen LogP contribution in [0.15, 0.2) is 24.3 Å². The number of nitrogens with two attached hydrogens (primary N) is 2. The van der Waals surface area contributed by atoms with Gasteiger partial charge in [-0.15, -0.1) is 12.8 Å². The number of phenols is 2. The van der Waals surface area contributed by atoms with Crippen molar-refractivity contribution in [2.75, 3.05) is 11.5 Å². The van der Waals surface area contributed by atoms with Crippen molar-refractivity contribution in [1.82, 2.24) is 0 Å². The number of phenolic OH excluding ortho intramolecular Hbond substituents is 2. The molecular formula is C16H12N2O3. The third-order valence-electron chi connectivity index (χ3n) is 2.85. The Bertz CT molecular complexity index is 731. The van der Waals surface area contributed by atoms with Crippen LogP contribution < -0.4 is 16.2 Å². The fraction of sp³-hybridized carbons (Fsp3) is 0. The lowest BCUT2D eigenvalue weighted by molar-refractivity contribution is 0.444. The molecule has 0 radical (unpaired) electrons. The van der Waals surface area contributed by atoms with E-state index in [4.69, 9.17) is 29.1 Å². The van der Waals surface area contributed by atoms with Crippen molar-refractivity contribution in [2.45, 2.75) is 0 Å². The summed E-state index contributed by atoms with van der Waals surface area (Å²) in [5, 5.41) is 19.6. The number of aromatic hydroxyl groups is 2. The van der Waals surface area contributed by atoms with Crippen LogP contribution in [0.2, 0.25) is 0 Å². The molecule has 0 aliphatic heterocycles. The van der Waals surface area contributed by atoms with E-state index in [1.54, 1.807) is 0 Å². The van der Waals surface area contributed by atoms with Crippen molar-refractivity contribution in [3.8, 4) is 47.7 Å². The molecule has 104 valence electrons. The molecule has 0 bridgehead atoms. The van der Waals surface area contributed by atoms with Crippen LogP contribution in [-0.2, 0) is 0 Å². The molecule has 0 aromatic heterocycles. The lowest BCUT2D eigenvalue weighted by atomic mass is 10.1. The minimum Gasteiger partial charge on any atom is -0.504 e. The molecule has 5 nitrogen and oxygen atoms in total. The van der Waals surface area contributed by atoms with Crippen molar-refractivity contribution in [2.24, 2.45) is 0 Å². The first-order valence-electron chi connectivity index (χ1n) is 5.83. The lowest BCUT2D eigenvalue weighted by Crippen LogP contribution is -1.96. The Morgan fingerprint density at radius 2 is 1.19 bits per heavy atom. The van der Waals surface area contributed by atoms with Crippen molar-refractivity contribution in [3.05, 3.63) is 35.4 Å². The minimum atomic E-state index is -0.253. The molecule has 0 atom stereocenters. The van der Waals surface area contributed by atoms with E-state index in [0.29, 0.717) is 0 Å². The van der Waals surface area contributed by atoms with E-state index in [-0.39, 0.29) is 45.5 Å². The predicted octanol–water partition coefficient (Wildman–Crippen LogP) is 2.02. The SMILES string of the molecule is C#Cc1c(Oc2ccc(N)c(O)c2C#C)ccc(N)c1O. The van der Waals surface area contributed by atoms with E-state index in [1.165, 1.54) is 24.3 Å². The van der Waals surface area contributed by atoms with E-state index in [0.717, 1.165) is 0 Å². The summed E-state index contributed by atoms with van der Waals surface area (Å²) in [7, 11) is 0. The minimum absolute atomic E-state index is 0.0919. The first kappa shape index (κ1) is 14.0. The van der Waals surface area contributed by atoms with E-state index < -0.39 is 0 Å². The topological polar surface area (TPSA) is 102 Å². The van der Waals surface area contributed by atoms with Gasteiger partial charge in [0, 0.05) is 0 Å². The van der Waals surface area contributed by atoms with E-state index in [1.807, 2.05) is 0 Å². The Morgan fingerprint density at radius 1 is 0.810 bits per heavy atom. The molecule has 2 rings (SSSR count). The zero-order valence-corrected chi connectivity index (χ0v) is 10.9. The number of nitrogen functional groups attached to an aromatic ring is 2. The molecule has 0 spiro atoms. The Kier molecular flexibility index (Phi) is 3.51. The van der Waals surface area contributed by atoms with E-state index >= 15 is 0 Å². The maximum atomic E-state index is 9.82. The highest BCUT2D eigenvalue weighted by atomic mass is 16.5. The molecule has 0 saturated carbocycles. The van der Waals surface area contributed by atoms with E-state index in [2.05, 4.69) is 11.8 Å². The van der Waals surface area contributed by atoms with Gasteiger partial charge in [0.15, 0.2) is 11.5 Å². The number of anilines is 2. The molecular weight excluding hydrogens is 268 g/mol. The summed E-state index contributed by atoms with van der Waals surface area (Å²) in [6.45, 7) is 0. The smallest absolute Gasteiger partial charge is 0.157 e. The summed E-state index contributed by atoms with van der Waals surface area (Å²) in [5.41, 5.74) is 11.6. The second-order valence-corrected chi connectivity index (χ2v) is 4.14. The first-order chi connectivity index (χ1) is 9.99. The molecule has 0 fully saturated rings. The quantitative estimate of drug-likeness (QED) is 0.383. The normalized spacial score (nSPS) is 9.62. The predicted molar refractivity (Wildman–Crippen MR) is 81.0 cm³/mol. The second-order valence-electron chi connectivity index (χ2n) is 4.14. The lowest BCUT2D eigenvalue weighted by Gasteiger charge is -2.13. The summed E-state index contributed by atoms with van der Waals surface area (Å²) in [6, 6.07) is 5.88. The molecule has 2 aromatic rings. The van der Waals surface area contributed by atoms with Gasteiger partial charge in [-0.05, 0) is 24.3 Å². The molecule has 21 heavy (non-hydrogen) atoms. The number of rotatable bonds is 2. The number of hydrogen-bond donors (Lipinski definition) is 4. The van der Waals surface area contributed by atoms with Gasteiger partial charge in [-0.25, -0.2) is 0 Å². The van der Waals surface area contributed by atoms with Gasteiger partial charge in [0.25, 0.3) is 0 Å². The standard InChI is InChI=1S/C16H12N2O3/c1-3-9-13(7-5-11(17)15(9)19)21-14-8-6-12(18)16(20)10(14)4-2/h1-2,5-8,19-20H,17-18H2. The molecule has 0 heterocycles. The van der Waals surface area contributed by atoms with Crippen LogP contribution >= 0.6 is 0 Å². The van der Waals surface area contributed by atoms with Crippen LogP contribution in [0.25, 0.3) is 0 Å². The molecule has 0 unspecified atom stereocenters. The highest BCUT2D eigenvalue weighted by Gasteiger charge is 2.15. The van der Waals surface area contributed by atoms with Crippen LogP contribution in [0.5, 0.6) is 23.0 Å². The van der Waals surface area contributed by atoms with Crippen molar-refractivity contribution >= 4 is 11.4 Å². The molecule has 0 aliphatic carbocycles. The van der Waals surface area contributed by atoms with Gasteiger partial charge in [0.05, 0.1) is 11.4 Å². The first-order valence-corrected chi connectivity index (χ1v) is 5.83. The molecule has 0 aliphatic rings. The van der Waals surface area contributed by atoms with Crippen LogP contribution in [0.1, 0.15) is 11.1 Å². The van der Waals surface area contributed by atoms with Gasteiger partial charge >= 0.3 is 0 Å². The Hall–Kier alpha value is -3.44. The summed E-state index contributed by atoms with van der Waals surface area (Å²) >= 11 is 0. The molecule has 0 amide bonds. The third-order valence-corrected chi connectivity index (χ3v) is 2.85. The van der Waals surface area contributed by atoms with Gasteiger partial charge in [0.2, 0.25) is 0 Å². The molecule has 6 N–H and O–H groups in total. The van der Waals surface area contributed by atoms with Crippen molar-refractivity contribution < 1.29 is 14.9 Å². The van der Waals surface area contributed by atoms with Gasteiger partial charge in [0.1, 0.15) is 22.6 Å². The van der Waals surface area contributed by atoms with E-state index in [9.17, 15) is 10.2 Å². The highest BCUT2D eigenvalue weighted by Crippen LogP contribution is 2.38. The van der Waals surface area contributed by atoms with Gasteiger partial charge in [-0.2, -0.15) is 0 Å². The number of ether oxygens (including phenoxy) is 1.